The van der Waals surface area contributed by atoms with Crippen LogP contribution in [0, 0.1) is 28.6 Å². The van der Waals surface area contributed by atoms with Crippen molar-refractivity contribution < 1.29 is 19.8 Å². The third-order valence-electron chi connectivity index (χ3n) is 7.40. The Morgan fingerprint density at radius 2 is 1.91 bits per heavy atom. The van der Waals surface area contributed by atoms with Crippen LogP contribution < -0.4 is 0 Å². The zero-order chi connectivity index (χ0) is 16.6. The largest absolute Gasteiger partial charge is 0.392 e. The molecule has 1 unspecified atom stereocenters. The van der Waals surface area contributed by atoms with Gasteiger partial charge in [0.25, 0.3) is 0 Å². The normalized spacial score (nSPS) is 51.8. The van der Waals surface area contributed by atoms with E-state index in [9.17, 15) is 19.8 Å². The van der Waals surface area contributed by atoms with E-state index in [-0.39, 0.29) is 34.7 Å². The number of aliphatic hydroxyl groups is 2. The summed E-state index contributed by atoms with van der Waals surface area (Å²) in [6.07, 6.45) is 6.26. The standard InChI is InChI=1S/C19H24O4/c1-18-6-5-11(20)7-10(18)8-14(21)17-12-3-4-15(22)19(12,2)16(23)9-13(17)18/h5-7,12-14,16-17,21,23H,3-4,8-9H2,1-2H3/t12-,13-,14?,16-,17-,18-,19-/m0/s1. The van der Waals surface area contributed by atoms with Gasteiger partial charge in [-0.1, -0.05) is 18.6 Å². The predicted octanol–water partition coefficient (Wildman–Crippen LogP) is 1.81. The molecule has 3 fully saturated rings. The predicted molar refractivity (Wildman–Crippen MR) is 84.4 cm³/mol. The van der Waals surface area contributed by atoms with Crippen LogP contribution >= 0.6 is 0 Å². The Hall–Kier alpha value is -1.26. The number of hydrogen-bond donors (Lipinski definition) is 2. The monoisotopic (exact) mass is 316 g/mol. The maximum absolute atomic E-state index is 12.4. The van der Waals surface area contributed by atoms with Gasteiger partial charge in [-0.2, -0.15) is 0 Å². The minimum Gasteiger partial charge on any atom is -0.392 e. The molecule has 124 valence electrons. The second-order valence-electron chi connectivity index (χ2n) is 8.25. The van der Waals surface area contributed by atoms with E-state index in [1.165, 1.54) is 0 Å². The summed E-state index contributed by atoms with van der Waals surface area (Å²) in [4.78, 5) is 24.1. The summed E-state index contributed by atoms with van der Waals surface area (Å²) in [6.45, 7) is 3.99. The van der Waals surface area contributed by atoms with Gasteiger partial charge in [0.05, 0.1) is 17.6 Å². The summed E-state index contributed by atoms with van der Waals surface area (Å²) in [5.74, 6) is 0.223. The van der Waals surface area contributed by atoms with Crippen LogP contribution in [0.4, 0.5) is 0 Å². The summed E-state index contributed by atoms with van der Waals surface area (Å²) in [5, 5.41) is 21.6. The molecule has 0 aromatic carbocycles. The number of ketones is 2. The zero-order valence-electron chi connectivity index (χ0n) is 13.7. The van der Waals surface area contributed by atoms with Gasteiger partial charge in [0.1, 0.15) is 5.78 Å². The van der Waals surface area contributed by atoms with E-state index in [1.807, 2.05) is 13.0 Å². The molecule has 4 aliphatic carbocycles. The molecule has 3 saturated carbocycles. The van der Waals surface area contributed by atoms with Crippen LogP contribution in [-0.2, 0) is 9.59 Å². The Morgan fingerprint density at radius 1 is 1.17 bits per heavy atom. The van der Waals surface area contributed by atoms with E-state index in [1.54, 1.807) is 12.2 Å². The smallest absolute Gasteiger partial charge is 0.178 e. The van der Waals surface area contributed by atoms with Crippen LogP contribution in [0.2, 0.25) is 0 Å². The molecular formula is C19H24O4. The van der Waals surface area contributed by atoms with E-state index >= 15 is 0 Å². The maximum atomic E-state index is 12.4. The molecule has 2 N–H and O–H groups in total. The van der Waals surface area contributed by atoms with Gasteiger partial charge in [0.15, 0.2) is 5.78 Å². The highest BCUT2D eigenvalue weighted by Crippen LogP contribution is 2.63. The molecule has 0 aromatic heterocycles. The van der Waals surface area contributed by atoms with Crippen LogP contribution in [0.1, 0.15) is 39.5 Å². The fraction of sp³-hybridized carbons (Fsp3) is 0.684. The molecule has 0 aliphatic heterocycles. The highest BCUT2D eigenvalue weighted by atomic mass is 16.3. The lowest BCUT2D eigenvalue weighted by Gasteiger charge is -2.58. The Labute approximate surface area is 136 Å². The SMILES string of the molecule is C[C@@]12C(=O)CC[C@H]1[C@@H]1C(O)CC3=CC(=O)C=C[C@]3(C)[C@H]1C[C@@H]2O. The lowest BCUT2D eigenvalue weighted by atomic mass is 9.47. The van der Waals surface area contributed by atoms with Gasteiger partial charge in [-0.15, -0.1) is 0 Å². The summed E-state index contributed by atoms with van der Waals surface area (Å²) < 4.78 is 0. The molecule has 0 heterocycles. The van der Waals surface area contributed by atoms with Crippen molar-refractivity contribution in [3.05, 3.63) is 23.8 Å². The first-order chi connectivity index (χ1) is 10.8. The molecule has 0 saturated heterocycles. The average Bonchev–Trinajstić information content (AvgIpc) is 2.80. The number of carbonyl (C=O) groups excluding carboxylic acids is 2. The second kappa shape index (κ2) is 4.64. The van der Waals surface area contributed by atoms with Gasteiger partial charge in [0.2, 0.25) is 0 Å². The van der Waals surface area contributed by atoms with E-state index in [2.05, 4.69) is 6.92 Å². The van der Waals surface area contributed by atoms with E-state index in [0.717, 1.165) is 12.0 Å². The van der Waals surface area contributed by atoms with Crippen molar-refractivity contribution in [1.82, 2.24) is 0 Å². The molecule has 23 heavy (non-hydrogen) atoms. The average molecular weight is 316 g/mol. The topological polar surface area (TPSA) is 74.6 Å². The van der Waals surface area contributed by atoms with Crippen LogP contribution in [0.25, 0.3) is 0 Å². The van der Waals surface area contributed by atoms with Crippen molar-refractivity contribution >= 4 is 11.6 Å². The first-order valence-electron chi connectivity index (χ1n) is 8.62. The van der Waals surface area contributed by atoms with Gasteiger partial charge in [-0.25, -0.2) is 0 Å². The number of fused-ring (bicyclic) bond motifs is 5. The second-order valence-corrected chi connectivity index (χ2v) is 8.25. The molecule has 4 aliphatic rings. The lowest BCUT2D eigenvalue weighted by molar-refractivity contribution is -0.159. The quantitative estimate of drug-likeness (QED) is 0.715. The first kappa shape index (κ1) is 15.3. The Kier molecular flexibility index (Phi) is 3.08. The Bertz CT molecular complexity index is 648. The third-order valence-corrected chi connectivity index (χ3v) is 7.40. The van der Waals surface area contributed by atoms with E-state index in [4.69, 9.17) is 0 Å². The Morgan fingerprint density at radius 3 is 2.65 bits per heavy atom. The molecule has 0 amide bonds. The highest BCUT2D eigenvalue weighted by molar-refractivity contribution is 6.01. The zero-order valence-corrected chi connectivity index (χ0v) is 13.7. The van der Waals surface area contributed by atoms with Gasteiger partial charge < -0.3 is 10.2 Å². The number of allylic oxidation sites excluding steroid dienone is 3. The maximum Gasteiger partial charge on any atom is 0.178 e. The summed E-state index contributed by atoms with van der Waals surface area (Å²) in [7, 11) is 0. The van der Waals surface area contributed by atoms with Gasteiger partial charge in [-0.3, -0.25) is 9.59 Å². The fourth-order valence-corrected chi connectivity index (χ4v) is 5.93. The number of Topliss-reactive ketones (excluding diaryl/α,β-unsaturated/α-hetero) is 1. The molecule has 4 heteroatoms. The van der Waals surface area contributed by atoms with E-state index < -0.39 is 17.6 Å². The number of hydrogen-bond acceptors (Lipinski definition) is 4. The molecule has 0 bridgehead atoms. The minimum absolute atomic E-state index is 0.00912. The van der Waals surface area contributed by atoms with Crippen LogP contribution in [-0.4, -0.2) is 34.0 Å². The van der Waals surface area contributed by atoms with Crippen molar-refractivity contribution in [3.63, 3.8) is 0 Å². The first-order valence-corrected chi connectivity index (χ1v) is 8.62. The third kappa shape index (κ3) is 1.79. The Balaban J connectivity index is 1.80. The van der Waals surface area contributed by atoms with Gasteiger partial charge >= 0.3 is 0 Å². The number of aliphatic hydroxyl groups excluding tert-OH is 2. The summed E-state index contributed by atoms with van der Waals surface area (Å²) >= 11 is 0. The van der Waals surface area contributed by atoms with Crippen LogP contribution in [0.15, 0.2) is 23.8 Å². The summed E-state index contributed by atoms with van der Waals surface area (Å²) in [5.41, 5.74) is -0.0430. The molecule has 4 nitrogen and oxygen atoms in total. The van der Waals surface area contributed by atoms with Gasteiger partial charge in [0, 0.05) is 11.8 Å². The fourth-order valence-electron chi connectivity index (χ4n) is 5.93. The highest BCUT2D eigenvalue weighted by Gasteiger charge is 2.64. The molecular weight excluding hydrogens is 292 g/mol. The van der Waals surface area contributed by atoms with Crippen molar-refractivity contribution in [1.29, 1.82) is 0 Å². The molecule has 0 spiro atoms. The number of rotatable bonds is 0. The lowest BCUT2D eigenvalue weighted by Crippen LogP contribution is -2.59. The van der Waals surface area contributed by atoms with Crippen molar-refractivity contribution in [2.45, 2.75) is 51.7 Å². The minimum atomic E-state index is -0.714. The van der Waals surface area contributed by atoms with Gasteiger partial charge in [-0.05, 0) is 56.1 Å². The van der Waals surface area contributed by atoms with Crippen molar-refractivity contribution in [2.75, 3.05) is 0 Å². The van der Waals surface area contributed by atoms with Crippen molar-refractivity contribution in [3.8, 4) is 0 Å². The molecule has 0 aromatic rings. The summed E-state index contributed by atoms with van der Waals surface area (Å²) in [6, 6.07) is 0. The van der Waals surface area contributed by atoms with Crippen LogP contribution in [0.3, 0.4) is 0 Å². The number of carbonyl (C=O) groups is 2. The van der Waals surface area contributed by atoms with E-state index in [0.29, 0.717) is 19.3 Å². The van der Waals surface area contributed by atoms with Crippen molar-refractivity contribution in [2.24, 2.45) is 28.6 Å². The molecule has 7 atom stereocenters. The molecule has 0 radical (unpaired) electrons. The van der Waals surface area contributed by atoms with Crippen LogP contribution in [0.5, 0.6) is 0 Å². The molecule has 4 rings (SSSR count).